The fraction of sp³-hybridized carbons (Fsp3) is 1.00. The normalized spacial score (nSPS) is 9.88. The first kappa shape index (κ1) is 19.2. The van der Waals surface area contributed by atoms with Crippen LogP contribution in [0.15, 0.2) is 0 Å². The summed E-state index contributed by atoms with van der Waals surface area (Å²) in [6.07, 6.45) is 16.2. The Morgan fingerprint density at radius 2 is 0.882 bits per heavy atom. The standard InChI is InChI=1S/C14H30O.H4N2/c1-2-3-4-5-6-7-8-9-10-11-12-13-14-15;1-2/h15H,2-14H2,1H3;1-2H2. The van der Waals surface area contributed by atoms with Crippen molar-refractivity contribution in [3.05, 3.63) is 0 Å². The van der Waals surface area contributed by atoms with E-state index in [0.29, 0.717) is 6.61 Å². The molecule has 0 aromatic rings. The number of rotatable bonds is 12. The van der Waals surface area contributed by atoms with Crippen molar-refractivity contribution in [2.45, 2.75) is 84.0 Å². The van der Waals surface area contributed by atoms with Gasteiger partial charge in [0, 0.05) is 6.61 Å². The van der Waals surface area contributed by atoms with E-state index in [1.807, 2.05) is 0 Å². The predicted octanol–water partition coefficient (Wildman–Crippen LogP) is 3.50. The third-order valence-electron chi connectivity index (χ3n) is 3.01. The Balaban J connectivity index is 0. The van der Waals surface area contributed by atoms with Gasteiger partial charge in [-0.15, -0.1) is 0 Å². The first-order valence-corrected chi connectivity index (χ1v) is 7.36. The van der Waals surface area contributed by atoms with Gasteiger partial charge in [-0.2, -0.15) is 0 Å². The second kappa shape index (κ2) is 21.2. The zero-order valence-corrected chi connectivity index (χ0v) is 11.8. The van der Waals surface area contributed by atoms with Gasteiger partial charge in [0.2, 0.25) is 0 Å². The number of hydrogen-bond acceptors (Lipinski definition) is 3. The molecule has 5 N–H and O–H groups in total. The molecule has 0 aromatic heterocycles. The molecule has 3 heteroatoms. The lowest BCUT2D eigenvalue weighted by Gasteiger charge is -2.01. The maximum atomic E-state index is 8.61. The van der Waals surface area contributed by atoms with E-state index < -0.39 is 0 Å². The van der Waals surface area contributed by atoms with Crippen LogP contribution < -0.4 is 11.7 Å². The fourth-order valence-corrected chi connectivity index (χ4v) is 1.95. The van der Waals surface area contributed by atoms with Crippen molar-refractivity contribution >= 4 is 0 Å². The Bertz CT molecular complexity index is 98.4. The van der Waals surface area contributed by atoms with Crippen LogP contribution >= 0.6 is 0 Å². The molecule has 0 aliphatic rings. The summed E-state index contributed by atoms with van der Waals surface area (Å²) in [6.45, 7) is 2.64. The van der Waals surface area contributed by atoms with Crippen LogP contribution in [0.3, 0.4) is 0 Å². The molecular formula is C14H34N2O. The minimum atomic E-state index is 0.372. The minimum absolute atomic E-state index is 0.372. The van der Waals surface area contributed by atoms with Gasteiger partial charge in [0.05, 0.1) is 0 Å². The first-order chi connectivity index (χ1) is 8.41. The summed E-state index contributed by atoms with van der Waals surface area (Å²) in [5, 5.41) is 8.61. The van der Waals surface area contributed by atoms with Crippen molar-refractivity contribution in [3.63, 3.8) is 0 Å². The van der Waals surface area contributed by atoms with Crippen LogP contribution in [0, 0.1) is 0 Å². The summed E-state index contributed by atoms with van der Waals surface area (Å²) in [4.78, 5) is 0. The molecule has 0 rings (SSSR count). The minimum Gasteiger partial charge on any atom is -0.396 e. The third-order valence-corrected chi connectivity index (χ3v) is 3.01. The van der Waals surface area contributed by atoms with Crippen molar-refractivity contribution in [2.75, 3.05) is 6.61 Å². The number of nitrogens with two attached hydrogens (primary N) is 2. The molecule has 0 fully saturated rings. The van der Waals surface area contributed by atoms with Gasteiger partial charge < -0.3 is 5.11 Å². The van der Waals surface area contributed by atoms with Crippen LogP contribution in [0.4, 0.5) is 0 Å². The van der Waals surface area contributed by atoms with Crippen LogP contribution in [0.1, 0.15) is 84.0 Å². The summed E-state index contributed by atoms with van der Waals surface area (Å²) in [5.74, 6) is 8.00. The van der Waals surface area contributed by atoms with Crippen molar-refractivity contribution in [3.8, 4) is 0 Å². The summed E-state index contributed by atoms with van der Waals surface area (Å²) in [7, 11) is 0. The maximum Gasteiger partial charge on any atom is 0.0431 e. The smallest absolute Gasteiger partial charge is 0.0431 e. The molecule has 0 aliphatic carbocycles. The van der Waals surface area contributed by atoms with E-state index in [4.69, 9.17) is 5.11 Å². The molecule has 0 saturated carbocycles. The van der Waals surface area contributed by atoms with Crippen LogP contribution in [0.2, 0.25) is 0 Å². The zero-order valence-electron chi connectivity index (χ0n) is 11.8. The van der Waals surface area contributed by atoms with Crippen LogP contribution in [0.25, 0.3) is 0 Å². The second-order valence-electron chi connectivity index (χ2n) is 4.61. The third kappa shape index (κ3) is 21.7. The molecule has 0 atom stereocenters. The molecule has 0 spiro atoms. The average molecular weight is 246 g/mol. The highest BCUT2D eigenvalue weighted by Gasteiger charge is 1.92. The van der Waals surface area contributed by atoms with E-state index in [9.17, 15) is 0 Å². The summed E-state index contributed by atoms with van der Waals surface area (Å²) >= 11 is 0. The molecule has 0 aliphatic heterocycles. The van der Waals surface area contributed by atoms with Crippen molar-refractivity contribution in [1.82, 2.24) is 0 Å². The number of hydrazine groups is 1. The van der Waals surface area contributed by atoms with Crippen molar-refractivity contribution < 1.29 is 5.11 Å². The molecule has 3 nitrogen and oxygen atoms in total. The zero-order chi connectivity index (χ0) is 13.2. The molecule has 0 saturated heterocycles. The maximum absolute atomic E-state index is 8.61. The van der Waals surface area contributed by atoms with Gasteiger partial charge in [0.1, 0.15) is 0 Å². The largest absolute Gasteiger partial charge is 0.396 e. The van der Waals surface area contributed by atoms with E-state index in [0.717, 1.165) is 6.42 Å². The molecule has 106 valence electrons. The lowest BCUT2D eigenvalue weighted by Crippen LogP contribution is -2.02. The average Bonchev–Trinajstić information content (AvgIpc) is 2.38. The van der Waals surface area contributed by atoms with Gasteiger partial charge in [0.15, 0.2) is 0 Å². The number of aliphatic hydroxyl groups is 1. The topological polar surface area (TPSA) is 72.3 Å². The van der Waals surface area contributed by atoms with Gasteiger partial charge in [0.25, 0.3) is 0 Å². The molecule has 0 radical (unpaired) electrons. The fourth-order valence-electron chi connectivity index (χ4n) is 1.95. The lowest BCUT2D eigenvalue weighted by atomic mass is 10.1. The monoisotopic (exact) mass is 246 g/mol. The Morgan fingerprint density at radius 1 is 0.588 bits per heavy atom. The number of unbranched alkanes of at least 4 members (excludes halogenated alkanes) is 11. The van der Waals surface area contributed by atoms with Gasteiger partial charge in [-0.25, -0.2) is 0 Å². The van der Waals surface area contributed by atoms with E-state index in [1.54, 1.807) is 0 Å². The molecule has 0 amide bonds. The van der Waals surface area contributed by atoms with E-state index in [-0.39, 0.29) is 0 Å². The highest BCUT2D eigenvalue weighted by Crippen LogP contribution is 2.11. The lowest BCUT2D eigenvalue weighted by molar-refractivity contribution is 0.282. The van der Waals surface area contributed by atoms with Crippen molar-refractivity contribution in [1.29, 1.82) is 0 Å². The molecule has 0 heterocycles. The molecule has 0 unspecified atom stereocenters. The number of hydrogen-bond donors (Lipinski definition) is 3. The van der Waals surface area contributed by atoms with E-state index in [1.165, 1.54) is 70.6 Å². The van der Waals surface area contributed by atoms with Gasteiger partial charge in [-0.3, -0.25) is 11.7 Å². The van der Waals surface area contributed by atoms with Gasteiger partial charge >= 0.3 is 0 Å². The van der Waals surface area contributed by atoms with Gasteiger partial charge in [-0.1, -0.05) is 77.6 Å². The van der Waals surface area contributed by atoms with E-state index >= 15 is 0 Å². The van der Waals surface area contributed by atoms with Crippen LogP contribution in [-0.4, -0.2) is 11.7 Å². The van der Waals surface area contributed by atoms with Crippen LogP contribution in [0.5, 0.6) is 0 Å². The Labute approximate surface area is 108 Å². The van der Waals surface area contributed by atoms with Crippen molar-refractivity contribution in [2.24, 2.45) is 11.7 Å². The van der Waals surface area contributed by atoms with Gasteiger partial charge in [-0.05, 0) is 6.42 Å². The Hall–Kier alpha value is -0.120. The molecular weight excluding hydrogens is 212 g/mol. The Kier molecular flexibility index (Phi) is 24.0. The molecule has 0 aromatic carbocycles. The summed E-state index contributed by atoms with van der Waals surface area (Å²) < 4.78 is 0. The Morgan fingerprint density at radius 3 is 1.18 bits per heavy atom. The second-order valence-corrected chi connectivity index (χ2v) is 4.61. The summed E-state index contributed by atoms with van der Waals surface area (Å²) in [6, 6.07) is 0. The molecule has 17 heavy (non-hydrogen) atoms. The predicted molar refractivity (Wildman–Crippen MR) is 76.5 cm³/mol. The van der Waals surface area contributed by atoms with Crippen LogP contribution in [-0.2, 0) is 0 Å². The molecule has 0 bridgehead atoms. The quantitative estimate of drug-likeness (QED) is 0.280. The summed E-state index contributed by atoms with van der Waals surface area (Å²) in [5.41, 5.74) is 0. The first-order valence-electron chi connectivity index (χ1n) is 7.36. The highest BCUT2D eigenvalue weighted by atomic mass is 16.2. The SMILES string of the molecule is CCCCCCCCCCCCCCO.NN. The number of aliphatic hydroxyl groups excluding tert-OH is 1. The highest BCUT2D eigenvalue weighted by molar-refractivity contribution is 4.47. The van der Waals surface area contributed by atoms with E-state index in [2.05, 4.69) is 18.6 Å².